The van der Waals surface area contributed by atoms with Crippen molar-refractivity contribution in [3.05, 3.63) is 10.7 Å². The van der Waals surface area contributed by atoms with E-state index in [-0.39, 0.29) is 28.7 Å². The molecule has 1 aliphatic rings. The fraction of sp³-hybridized carbons (Fsp3) is 0.688. The Morgan fingerprint density at radius 1 is 1.40 bits per heavy atom. The van der Waals surface area contributed by atoms with E-state index in [0.717, 1.165) is 6.42 Å². The molecule has 0 aliphatic heterocycles. The van der Waals surface area contributed by atoms with E-state index in [1.807, 2.05) is 0 Å². The van der Waals surface area contributed by atoms with Crippen LogP contribution in [-0.2, 0) is 4.74 Å². The minimum Gasteiger partial charge on any atom is -0.396 e. The van der Waals surface area contributed by atoms with E-state index >= 15 is 0 Å². The summed E-state index contributed by atoms with van der Waals surface area (Å²) in [4.78, 5) is 8.85. The summed E-state index contributed by atoms with van der Waals surface area (Å²) < 4.78 is 5.01. The lowest BCUT2D eigenvalue weighted by Gasteiger charge is -2.22. The second-order valence-corrected chi connectivity index (χ2v) is 7.29. The van der Waals surface area contributed by atoms with Gasteiger partial charge >= 0.3 is 0 Å². The number of aliphatic hydroxyl groups is 1. The van der Waals surface area contributed by atoms with Gasteiger partial charge in [0.25, 0.3) is 0 Å². The van der Waals surface area contributed by atoms with Crippen LogP contribution in [0.15, 0.2) is 0 Å². The van der Waals surface area contributed by atoms with Gasteiger partial charge in [-0.1, -0.05) is 37.7 Å². The molecule has 1 heterocycles. The number of aromatic nitrogens is 2. The number of nitrogens with zero attached hydrogens (tertiary/aromatic N) is 2. The summed E-state index contributed by atoms with van der Waals surface area (Å²) in [5.74, 6) is 1.96. The van der Waals surface area contributed by atoms with Gasteiger partial charge in [-0.05, 0) is 24.2 Å². The highest BCUT2D eigenvalue weighted by atomic mass is 35.5. The summed E-state index contributed by atoms with van der Waals surface area (Å²) in [6.45, 7) is 5.59. The fourth-order valence-corrected chi connectivity index (χ4v) is 3.78. The van der Waals surface area contributed by atoms with E-state index in [9.17, 15) is 5.11 Å². The molecule has 1 aliphatic carbocycles. The van der Waals surface area contributed by atoms with E-state index in [4.69, 9.17) is 34.3 Å². The Bertz CT molecular complexity index is 618. The highest BCUT2D eigenvalue weighted by molar-refractivity contribution is 7.80. The third-order valence-corrected chi connectivity index (χ3v) is 5.50. The molecule has 140 valence electrons. The summed E-state index contributed by atoms with van der Waals surface area (Å²) in [5, 5.41) is 16.2. The van der Waals surface area contributed by atoms with Crippen molar-refractivity contribution in [1.82, 2.24) is 9.97 Å². The van der Waals surface area contributed by atoms with Crippen molar-refractivity contribution < 1.29 is 9.84 Å². The molecule has 4 atom stereocenters. The number of rotatable bonds is 8. The average Bonchev–Trinajstić information content (AvgIpc) is 2.82. The highest BCUT2D eigenvalue weighted by Crippen LogP contribution is 2.38. The summed E-state index contributed by atoms with van der Waals surface area (Å²) in [6.07, 6.45) is 0.851. The second kappa shape index (κ2) is 8.93. The summed E-state index contributed by atoms with van der Waals surface area (Å²) in [7, 11) is 1.62. The van der Waals surface area contributed by atoms with E-state index < -0.39 is 0 Å². The van der Waals surface area contributed by atoms with Crippen LogP contribution in [0.1, 0.15) is 25.8 Å². The molecule has 0 amide bonds. The van der Waals surface area contributed by atoms with E-state index in [1.54, 1.807) is 7.11 Å². The normalized spacial score (nSPS) is 25.8. The third kappa shape index (κ3) is 4.69. The topological polar surface area (TPSA) is 105 Å². The van der Waals surface area contributed by atoms with Crippen LogP contribution < -0.4 is 16.4 Å². The van der Waals surface area contributed by atoms with Crippen LogP contribution in [0.25, 0.3) is 0 Å². The van der Waals surface area contributed by atoms with Gasteiger partial charge in [0.05, 0.1) is 12.2 Å². The first-order chi connectivity index (χ1) is 11.9. The number of aliphatic hydroxyl groups excluding tert-OH is 1. The number of methoxy groups -OCH3 is 1. The minimum atomic E-state index is 0.147. The highest BCUT2D eigenvalue weighted by Gasteiger charge is 2.38. The van der Waals surface area contributed by atoms with E-state index in [0.29, 0.717) is 42.3 Å². The van der Waals surface area contributed by atoms with Gasteiger partial charge in [0.2, 0.25) is 5.95 Å². The Morgan fingerprint density at radius 3 is 2.68 bits per heavy atom. The largest absolute Gasteiger partial charge is 0.396 e. The summed E-state index contributed by atoms with van der Waals surface area (Å²) in [6, 6.07) is 0.151. The molecular weight excluding hydrogens is 362 g/mol. The van der Waals surface area contributed by atoms with Gasteiger partial charge in [0.1, 0.15) is 16.0 Å². The first-order valence-electron chi connectivity index (χ1n) is 8.36. The van der Waals surface area contributed by atoms with Crippen LogP contribution in [0.2, 0.25) is 5.15 Å². The average molecular weight is 388 g/mol. The fourth-order valence-electron chi connectivity index (χ4n) is 3.26. The number of nitrogens with one attached hydrogen (secondary N) is 2. The number of ether oxygens (including phenoxy) is 1. The molecule has 9 heteroatoms. The maximum Gasteiger partial charge on any atom is 0.226 e. The zero-order valence-electron chi connectivity index (χ0n) is 14.8. The molecule has 2 rings (SSSR count). The smallest absolute Gasteiger partial charge is 0.226 e. The molecule has 5 N–H and O–H groups in total. The number of halogens is 1. The Morgan fingerprint density at radius 2 is 2.12 bits per heavy atom. The minimum absolute atomic E-state index is 0.147. The molecule has 25 heavy (non-hydrogen) atoms. The van der Waals surface area contributed by atoms with Crippen molar-refractivity contribution in [3.8, 4) is 0 Å². The monoisotopic (exact) mass is 387 g/mol. The molecule has 1 saturated carbocycles. The molecule has 0 aromatic carbocycles. The zero-order valence-corrected chi connectivity index (χ0v) is 16.3. The summed E-state index contributed by atoms with van der Waals surface area (Å²) in [5.41, 5.74) is 6.27. The number of thiocarbonyl (C=S) groups is 1. The van der Waals surface area contributed by atoms with Crippen molar-refractivity contribution in [2.24, 2.45) is 23.5 Å². The third-order valence-electron chi connectivity index (χ3n) is 5.02. The van der Waals surface area contributed by atoms with Gasteiger partial charge < -0.3 is 26.2 Å². The number of nitrogens with two attached hydrogens (primary N) is 1. The molecule has 0 bridgehead atoms. The van der Waals surface area contributed by atoms with Crippen LogP contribution in [-0.4, -0.2) is 53.0 Å². The maximum absolute atomic E-state index is 9.55. The lowest BCUT2D eigenvalue weighted by atomic mass is 9.92. The lowest BCUT2D eigenvalue weighted by molar-refractivity contribution is 0.191. The van der Waals surface area contributed by atoms with Crippen molar-refractivity contribution >= 4 is 40.6 Å². The Labute approximate surface area is 158 Å². The molecule has 0 spiro atoms. The molecule has 0 saturated heterocycles. The van der Waals surface area contributed by atoms with Crippen LogP contribution in [0, 0.1) is 17.8 Å². The number of hydrogen-bond donors (Lipinski definition) is 4. The van der Waals surface area contributed by atoms with Crippen molar-refractivity contribution in [3.63, 3.8) is 0 Å². The van der Waals surface area contributed by atoms with Gasteiger partial charge in [-0.25, -0.2) is 4.98 Å². The molecule has 1 fully saturated rings. The molecule has 7 nitrogen and oxygen atoms in total. The van der Waals surface area contributed by atoms with Crippen LogP contribution in [0.5, 0.6) is 0 Å². The Hall–Kier alpha value is -1.22. The van der Waals surface area contributed by atoms with Crippen LogP contribution in [0.3, 0.4) is 0 Å². The van der Waals surface area contributed by atoms with Crippen molar-refractivity contribution in [2.45, 2.75) is 26.3 Å². The predicted octanol–water partition coefficient (Wildman–Crippen LogP) is 1.89. The molecule has 1 aromatic heterocycles. The van der Waals surface area contributed by atoms with Gasteiger partial charge in [-0.2, -0.15) is 4.98 Å². The maximum atomic E-state index is 9.55. The van der Waals surface area contributed by atoms with Crippen molar-refractivity contribution in [1.29, 1.82) is 0 Å². The second-order valence-electron chi connectivity index (χ2n) is 6.49. The number of hydrogen-bond acceptors (Lipinski definition) is 7. The standard InChI is InChI=1S/C16H26ClN5O2S/c1-8-9(2)11(6-10(8)7-23)20-15-12(14(18)25)13(17)21-16(22-15)19-4-5-24-3/h8-11,23H,4-7H2,1-3H3,(H2,18,25)(H2,19,20,21,22). The zero-order chi connectivity index (χ0) is 18.6. The van der Waals surface area contributed by atoms with Gasteiger partial charge in [0, 0.05) is 26.3 Å². The Balaban J connectivity index is 2.26. The predicted molar refractivity (Wildman–Crippen MR) is 104 cm³/mol. The molecule has 0 radical (unpaired) electrons. The van der Waals surface area contributed by atoms with E-state index in [1.165, 1.54) is 0 Å². The van der Waals surface area contributed by atoms with Gasteiger partial charge in [-0.3, -0.25) is 0 Å². The van der Waals surface area contributed by atoms with Gasteiger partial charge in [0.15, 0.2) is 0 Å². The van der Waals surface area contributed by atoms with Crippen molar-refractivity contribution in [2.75, 3.05) is 37.5 Å². The molecule has 4 unspecified atom stereocenters. The first kappa shape index (κ1) is 20.1. The first-order valence-corrected chi connectivity index (χ1v) is 9.15. The molecule has 1 aromatic rings. The lowest BCUT2D eigenvalue weighted by Crippen LogP contribution is -2.27. The molecular formula is C16H26ClN5O2S. The Kier molecular flexibility index (Phi) is 7.18. The number of anilines is 2. The van der Waals surface area contributed by atoms with Crippen LogP contribution in [0.4, 0.5) is 11.8 Å². The SMILES string of the molecule is COCCNc1nc(Cl)c(C(N)=S)c(NC2CC(CO)C(C)C2C)n1. The van der Waals surface area contributed by atoms with E-state index in [2.05, 4.69) is 34.4 Å². The quantitative estimate of drug-likeness (QED) is 0.304. The van der Waals surface area contributed by atoms with Gasteiger partial charge in [-0.15, -0.1) is 0 Å². The van der Waals surface area contributed by atoms with Crippen LogP contribution >= 0.6 is 23.8 Å². The summed E-state index contributed by atoms with van der Waals surface area (Å²) >= 11 is 11.4.